The van der Waals surface area contributed by atoms with Crippen molar-refractivity contribution in [3.8, 4) is 0 Å². The lowest BCUT2D eigenvalue weighted by molar-refractivity contribution is -0.140. The molecule has 5 heteroatoms. The van der Waals surface area contributed by atoms with E-state index in [0.29, 0.717) is 0 Å². The molecule has 0 bridgehead atoms. The van der Waals surface area contributed by atoms with Gasteiger partial charge in [-0.15, -0.1) is 12.4 Å². The Morgan fingerprint density at radius 2 is 1.83 bits per heavy atom. The van der Waals surface area contributed by atoms with E-state index in [1.807, 2.05) is 11.0 Å². The van der Waals surface area contributed by atoms with E-state index in [1.165, 1.54) is 6.07 Å². The minimum absolute atomic E-state index is 0. The summed E-state index contributed by atoms with van der Waals surface area (Å²) in [5.41, 5.74) is 6.28. The number of benzene rings is 1. The van der Waals surface area contributed by atoms with Gasteiger partial charge in [0.1, 0.15) is 5.82 Å². The molecule has 0 atom stereocenters. The molecule has 128 valence electrons. The predicted molar refractivity (Wildman–Crippen MR) is 92.2 cm³/mol. The van der Waals surface area contributed by atoms with Crippen LogP contribution >= 0.6 is 12.4 Å². The van der Waals surface area contributed by atoms with Crippen molar-refractivity contribution in [1.82, 2.24) is 4.90 Å². The van der Waals surface area contributed by atoms with Crippen molar-refractivity contribution in [2.24, 2.45) is 5.73 Å². The van der Waals surface area contributed by atoms with Gasteiger partial charge in [-0.25, -0.2) is 4.39 Å². The second-order valence-corrected chi connectivity index (χ2v) is 6.78. The zero-order chi connectivity index (χ0) is 15.6. The molecule has 1 aromatic carbocycles. The van der Waals surface area contributed by atoms with E-state index >= 15 is 0 Å². The normalized spacial score (nSPS) is 21.6. The maximum absolute atomic E-state index is 13.7. The lowest BCUT2D eigenvalue weighted by Crippen LogP contribution is -2.52. The summed E-state index contributed by atoms with van der Waals surface area (Å²) in [5, 5.41) is 0. The van der Waals surface area contributed by atoms with Gasteiger partial charge in [-0.3, -0.25) is 4.79 Å². The number of rotatable bonds is 2. The van der Waals surface area contributed by atoms with Crippen molar-refractivity contribution in [3.63, 3.8) is 0 Å². The summed E-state index contributed by atoms with van der Waals surface area (Å²) >= 11 is 0. The molecular formula is C18H26ClFN2O. The summed E-state index contributed by atoms with van der Waals surface area (Å²) < 4.78 is 13.7. The first kappa shape index (κ1) is 18.2. The molecule has 23 heavy (non-hydrogen) atoms. The van der Waals surface area contributed by atoms with Gasteiger partial charge < -0.3 is 10.6 Å². The van der Waals surface area contributed by atoms with Crippen molar-refractivity contribution in [2.45, 2.75) is 56.4 Å². The van der Waals surface area contributed by atoms with E-state index < -0.39 is 5.41 Å². The van der Waals surface area contributed by atoms with Crippen LogP contribution in [0.2, 0.25) is 0 Å². The summed E-state index contributed by atoms with van der Waals surface area (Å²) in [5.74, 6) is -0.0689. The quantitative estimate of drug-likeness (QED) is 0.896. The number of likely N-dealkylation sites (tertiary alicyclic amines) is 1. The SMILES string of the molecule is Cl.NC1CCN(C(=O)C2(c3cccc(F)c3)CCCCC2)CC1. The average Bonchev–Trinajstić information content (AvgIpc) is 2.55. The van der Waals surface area contributed by atoms with E-state index in [1.54, 1.807) is 12.1 Å². The van der Waals surface area contributed by atoms with Crippen LogP contribution in [-0.2, 0) is 10.2 Å². The lowest BCUT2D eigenvalue weighted by Gasteiger charge is -2.42. The molecule has 0 unspecified atom stereocenters. The highest BCUT2D eigenvalue weighted by Crippen LogP contribution is 2.41. The summed E-state index contributed by atoms with van der Waals surface area (Å²) in [6, 6.07) is 6.85. The molecule has 2 N–H and O–H groups in total. The molecule has 1 heterocycles. The van der Waals surface area contributed by atoms with Gasteiger partial charge in [-0.05, 0) is 43.4 Å². The monoisotopic (exact) mass is 340 g/mol. The van der Waals surface area contributed by atoms with Crippen molar-refractivity contribution in [3.05, 3.63) is 35.6 Å². The minimum Gasteiger partial charge on any atom is -0.342 e. The number of halogens is 2. The van der Waals surface area contributed by atoms with Crippen molar-refractivity contribution < 1.29 is 9.18 Å². The highest BCUT2D eigenvalue weighted by molar-refractivity contribution is 5.88. The van der Waals surface area contributed by atoms with Gasteiger partial charge in [-0.2, -0.15) is 0 Å². The van der Waals surface area contributed by atoms with Crippen LogP contribution < -0.4 is 5.73 Å². The molecule has 2 fully saturated rings. The molecule has 1 aromatic rings. The largest absolute Gasteiger partial charge is 0.342 e. The zero-order valence-electron chi connectivity index (χ0n) is 13.5. The number of hydrogen-bond acceptors (Lipinski definition) is 2. The summed E-state index contributed by atoms with van der Waals surface area (Å²) in [6.45, 7) is 1.47. The highest BCUT2D eigenvalue weighted by Gasteiger charge is 2.44. The van der Waals surface area contributed by atoms with Crippen LogP contribution in [0.5, 0.6) is 0 Å². The first-order chi connectivity index (χ1) is 10.6. The second-order valence-electron chi connectivity index (χ2n) is 6.78. The third kappa shape index (κ3) is 3.69. The molecular weight excluding hydrogens is 315 g/mol. The van der Waals surface area contributed by atoms with Crippen molar-refractivity contribution >= 4 is 18.3 Å². The first-order valence-electron chi connectivity index (χ1n) is 8.43. The zero-order valence-corrected chi connectivity index (χ0v) is 14.3. The number of piperidine rings is 1. The van der Waals surface area contributed by atoms with E-state index in [2.05, 4.69) is 0 Å². The Labute approximate surface area is 143 Å². The Morgan fingerprint density at radius 1 is 1.17 bits per heavy atom. The number of nitrogens with zero attached hydrogens (tertiary/aromatic N) is 1. The van der Waals surface area contributed by atoms with Crippen LogP contribution in [0.3, 0.4) is 0 Å². The van der Waals surface area contributed by atoms with Gasteiger partial charge in [0.25, 0.3) is 0 Å². The van der Waals surface area contributed by atoms with Gasteiger partial charge in [-0.1, -0.05) is 31.4 Å². The van der Waals surface area contributed by atoms with Crippen LogP contribution in [-0.4, -0.2) is 29.9 Å². The molecule has 3 rings (SSSR count). The summed E-state index contributed by atoms with van der Waals surface area (Å²) in [6.07, 6.45) is 6.63. The predicted octanol–water partition coefficient (Wildman–Crippen LogP) is 3.40. The molecule has 1 saturated heterocycles. The maximum atomic E-state index is 13.7. The lowest BCUT2D eigenvalue weighted by atomic mass is 9.68. The smallest absolute Gasteiger partial charge is 0.233 e. The number of carbonyl (C=O) groups excluding carboxylic acids is 1. The number of carbonyl (C=O) groups is 1. The Kier molecular flexibility index (Phi) is 6.04. The van der Waals surface area contributed by atoms with Crippen LogP contribution in [0.15, 0.2) is 24.3 Å². The maximum Gasteiger partial charge on any atom is 0.233 e. The fraction of sp³-hybridized carbons (Fsp3) is 0.611. The Hall–Kier alpha value is -1.13. The van der Waals surface area contributed by atoms with E-state index in [0.717, 1.165) is 63.6 Å². The van der Waals surface area contributed by atoms with Crippen LogP contribution in [0.4, 0.5) is 4.39 Å². The van der Waals surface area contributed by atoms with Crippen LogP contribution in [0.25, 0.3) is 0 Å². The van der Waals surface area contributed by atoms with E-state index in [4.69, 9.17) is 5.73 Å². The average molecular weight is 341 g/mol. The highest BCUT2D eigenvalue weighted by atomic mass is 35.5. The third-order valence-electron chi connectivity index (χ3n) is 5.32. The van der Waals surface area contributed by atoms with Gasteiger partial charge in [0.2, 0.25) is 5.91 Å². The fourth-order valence-corrected chi connectivity index (χ4v) is 3.97. The molecule has 1 aliphatic heterocycles. The fourth-order valence-electron chi connectivity index (χ4n) is 3.97. The molecule has 3 nitrogen and oxygen atoms in total. The number of amides is 1. The summed E-state index contributed by atoms with van der Waals surface area (Å²) in [7, 11) is 0. The Balaban J connectivity index is 0.00000192. The molecule has 1 aliphatic carbocycles. The second kappa shape index (κ2) is 7.63. The van der Waals surface area contributed by atoms with E-state index in [9.17, 15) is 9.18 Å². The van der Waals surface area contributed by atoms with E-state index in [-0.39, 0.29) is 30.2 Å². The molecule has 0 aromatic heterocycles. The number of nitrogens with two attached hydrogens (primary N) is 1. The molecule has 0 spiro atoms. The Morgan fingerprint density at radius 3 is 2.43 bits per heavy atom. The topological polar surface area (TPSA) is 46.3 Å². The van der Waals surface area contributed by atoms with Crippen LogP contribution in [0, 0.1) is 5.82 Å². The standard InChI is InChI=1S/C18H25FN2O.ClH/c19-15-6-4-5-14(13-15)18(9-2-1-3-10-18)17(22)21-11-7-16(20)8-12-21;/h4-6,13,16H,1-3,7-12,20H2;1H. The summed E-state index contributed by atoms with van der Waals surface area (Å²) in [4.78, 5) is 15.2. The van der Waals surface area contributed by atoms with Crippen molar-refractivity contribution in [2.75, 3.05) is 13.1 Å². The first-order valence-corrected chi connectivity index (χ1v) is 8.43. The van der Waals surface area contributed by atoms with Gasteiger partial charge in [0.05, 0.1) is 5.41 Å². The minimum atomic E-state index is -0.526. The van der Waals surface area contributed by atoms with Crippen LogP contribution in [0.1, 0.15) is 50.5 Å². The molecule has 2 aliphatic rings. The van der Waals surface area contributed by atoms with Gasteiger partial charge in [0.15, 0.2) is 0 Å². The molecule has 0 radical (unpaired) electrons. The van der Waals surface area contributed by atoms with Gasteiger partial charge >= 0.3 is 0 Å². The molecule has 1 saturated carbocycles. The number of hydrogen-bond donors (Lipinski definition) is 1. The van der Waals surface area contributed by atoms with Gasteiger partial charge in [0, 0.05) is 19.1 Å². The molecule has 1 amide bonds. The Bertz CT molecular complexity index is 538. The van der Waals surface area contributed by atoms with Crippen molar-refractivity contribution in [1.29, 1.82) is 0 Å². The third-order valence-corrected chi connectivity index (χ3v) is 5.32.